The van der Waals surface area contributed by atoms with E-state index in [1.807, 2.05) is 70.4 Å². The van der Waals surface area contributed by atoms with Gasteiger partial charge < -0.3 is 20.3 Å². The van der Waals surface area contributed by atoms with Crippen LogP contribution in [-0.4, -0.2) is 30.2 Å². The number of para-hydroxylation sites is 2. The summed E-state index contributed by atoms with van der Waals surface area (Å²) in [5.41, 5.74) is 2.98. The summed E-state index contributed by atoms with van der Waals surface area (Å²) in [5, 5.41) is 6.61. The molecule has 0 unspecified atom stereocenters. The summed E-state index contributed by atoms with van der Waals surface area (Å²) in [6, 6.07) is 17.8. The molecular formula is C21H25N5O. The lowest BCUT2D eigenvalue weighted by Crippen LogP contribution is -2.08. The van der Waals surface area contributed by atoms with Gasteiger partial charge in [-0.25, -0.2) is 9.97 Å². The molecule has 0 aliphatic heterocycles. The molecule has 0 saturated heterocycles. The molecule has 1 aromatic heterocycles. The van der Waals surface area contributed by atoms with E-state index in [1.165, 1.54) is 6.33 Å². The highest BCUT2D eigenvalue weighted by Crippen LogP contribution is 2.28. The second kappa shape index (κ2) is 8.40. The van der Waals surface area contributed by atoms with Gasteiger partial charge in [0.1, 0.15) is 23.7 Å². The Morgan fingerprint density at radius 3 is 2.22 bits per heavy atom. The summed E-state index contributed by atoms with van der Waals surface area (Å²) in [4.78, 5) is 10.7. The van der Waals surface area contributed by atoms with Crippen molar-refractivity contribution in [1.82, 2.24) is 9.97 Å². The van der Waals surface area contributed by atoms with Crippen molar-refractivity contribution < 1.29 is 4.74 Å². The van der Waals surface area contributed by atoms with Crippen LogP contribution in [0.1, 0.15) is 13.8 Å². The standard InChI is InChI=1S/C21H25N5O/c1-15(2)27-19-8-6-5-7-18(19)25-21-13-20(22-14-23-21)24-16-9-11-17(12-10-16)26(3)4/h5-15H,1-4H3,(H2,22,23,24,25). The highest BCUT2D eigenvalue weighted by Gasteiger charge is 2.07. The van der Waals surface area contributed by atoms with Crippen LogP contribution in [0.3, 0.4) is 0 Å². The molecule has 0 amide bonds. The molecule has 0 radical (unpaired) electrons. The Morgan fingerprint density at radius 2 is 1.56 bits per heavy atom. The molecule has 2 aromatic carbocycles. The minimum absolute atomic E-state index is 0.0979. The molecule has 0 aliphatic rings. The third-order valence-electron chi connectivity index (χ3n) is 3.84. The molecular weight excluding hydrogens is 338 g/mol. The Labute approximate surface area is 160 Å². The zero-order valence-corrected chi connectivity index (χ0v) is 16.1. The van der Waals surface area contributed by atoms with Crippen LogP contribution in [0.25, 0.3) is 0 Å². The van der Waals surface area contributed by atoms with Gasteiger partial charge in [-0.15, -0.1) is 0 Å². The summed E-state index contributed by atoms with van der Waals surface area (Å²) in [7, 11) is 4.04. The van der Waals surface area contributed by atoms with Gasteiger partial charge in [-0.3, -0.25) is 0 Å². The Bertz CT molecular complexity index is 878. The number of ether oxygens (including phenoxy) is 1. The molecule has 3 aromatic rings. The summed E-state index contributed by atoms with van der Waals surface area (Å²) in [5.74, 6) is 2.20. The second-order valence-corrected chi connectivity index (χ2v) is 6.64. The van der Waals surface area contributed by atoms with Gasteiger partial charge in [-0.05, 0) is 50.2 Å². The number of aromatic nitrogens is 2. The minimum Gasteiger partial charge on any atom is -0.489 e. The maximum atomic E-state index is 5.85. The zero-order chi connectivity index (χ0) is 19.2. The van der Waals surface area contributed by atoms with E-state index in [0.29, 0.717) is 11.6 Å². The van der Waals surface area contributed by atoms with E-state index in [0.717, 1.165) is 22.8 Å². The molecule has 0 bridgehead atoms. The second-order valence-electron chi connectivity index (χ2n) is 6.64. The summed E-state index contributed by atoms with van der Waals surface area (Å²) < 4.78 is 5.85. The lowest BCUT2D eigenvalue weighted by Gasteiger charge is -2.15. The van der Waals surface area contributed by atoms with Gasteiger partial charge in [0.25, 0.3) is 0 Å². The van der Waals surface area contributed by atoms with Crippen molar-refractivity contribution in [2.24, 2.45) is 0 Å². The molecule has 0 spiro atoms. The number of nitrogens with one attached hydrogen (secondary N) is 2. The van der Waals surface area contributed by atoms with Crippen LogP contribution in [0.4, 0.5) is 28.7 Å². The largest absolute Gasteiger partial charge is 0.489 e. The summed E-state index contributed by atoms with van der Waals surface area (Å²) in [6.07, 6.45) is 1.63. The van der Waals surface area contributed by atoms with Crippen molar-refractivity contribution in [2.45, 2.75) is 20.0 Å². The van der Waals surface area contributed by atoms with E-state index in [9.17, 15) is 0 Å². The van der Waals surface area contributed by atoms with Crippen molar-refractivity contribution in [2.75, 3.05) is 29.6 Å². The van der Waals surface area contributed by atoms with Crippen molar-refractivity contribution in [3.05, 3.63) is 60.9 Å². The van der Waals surface area contributed by atoms with Gasteiger partial charge in [0, 0.05) is 31.5 Å². The molecule has 6 nitrogen and oxygen atoms in total. The van der Waals surface area contributed by atoms with Crippen molar-refractivity contribution in [3.63, 3.8) is 0 Å². The average Bonchev–Trinajstić information content (AvgIpc) is 2.64. The molecule has 0 fully saturated rings. The van der Waals surface area contributed by atoms with Crippen LogP contribution < -0.4 is 20.3 Å². The first-order chi connectivity index (χ1) is 13.0. The third kappa shape index (κ3) is 5.10. The first-order valence-corrected chi connectivity index (χ1v) is 8.90. The van der Waals surface area contributed by atoms with Crippen molar-refractivity contribution in [1.29, 1.82) is 0 Å². The van der Waals surface area contributed by atoms with Gasteiger partial charge >= 0.3 is 0 Å². The predicted molar refractivity (Wildman–Crippen MR) is 112 cm³/mol. The Morgan fingerprint density at radius 1 is 0.889 bits per heavy atom. The van der Waals surface area contributed by atoms with E-state index in [4.69, 9.17) is 4.74 Å². The Balaban J connectivity index is 1.74. The molecule has 0 aliphatic carbocycles. The number of benzene rings is 2. The van der Waals surface area contributed by atoms with E-state index >= 15 is 0 Å². The first kappa shape index (κ1) is 18.5. The van der Waals surface area contributed by atoms with Crippen LogP contribution in [-0.2, 0) is 0 Å². The maximum Gasteiger partial charge on any atom is 0.143 e. The predicted octanol–water partition coefficient (Wildman–Crippen LogP) is 4.82. The molecule has 3 rings (SSSR count). The number of nitrogens with zero attached hydrogens (tertiary/aromatic N) is 3. The Hall–Kier alpha value is -3.28. The normalized spacial score (nSPS) is 10.6. The fraction of sp³-hybridized carbons (Fsp3) is 0.238. The third-order valence-corrected chi connectivity index (χ3v) is 3.84. The lowest BCUT2D eigenvalue weighted by molar-refractivity contribution is 0.244. The van der Waals surface area contributed by atoms with Gasteiger partial charge in [0.2, 0.25) is 0 Å². The van der Waals surface area contributed by atoms with Crippen LogP contribution in [0, 0.1) is 0 Å². The maximum absolute atomic E-state index is 5.85. The fourth-order valence-electron chi connectivity index (χ4n) is 2.55. The monoisotopic (exact) mass is 363 g/mol. The number of hydrogen-bond acceptors (Lipinski definition) is 6. The smallest absolute Gasteiger partial charge is 0.143 e. The molecule has 0 atom stereocenters. The molecule has 140 valence electrons. The van der Waals surface area contributed by atoms with Crippen molar-refractivity contribution >= 4 is 28.7 Å². The van der Waals surface area contributed by atoms with E-state index < -0.39 is 0 Å². The van der Waals surface area contributed by atoms with Gasteiger partial charge in [-0.1, -0.05) is 12.1 Å². The fourth-order valence-corrected chi connectivity index (χ4v) is 2.55. The Kier molecular flexibility index (Phi) is 5.76. The van der Waals surface area contributed by atoms with Crippen LogP contribution >= 0.6 is 0 Å². The van der Waals surface area contributed by atoms with Crippen LogP contribution in [0.15, 0.2) is 60.9 Å². The zero-order valence-electron chi connectivity index (χ0n) is 16.1. The van der Waals surface area contributed by atoms with Gasteiger partial charge in [0.15, 0.2) is 0 Å². The minimum atomic E-state index is 0.0979. The highest BCUT2D eigenvalue weighted by atomic mass is 16.5. The summed E-state index contributed by atoms with van der Waals surface area (Å²) >= 11 is 0. The van der Waals surface area contributed by atoms with E-state index in [2.05, 4.69) is 37.6 Å². The first-order valence-electron chi connectivity index (χ1n) is 8.90. The van der Waals surface area contributed by atoms with Crippen molar-refractivity contribution in [3.8, 4) is 5.75 Å². The van der Waals surface area contributed by atoms with Crippen LogP contribution in [0.2, 0.25) is 0 Å². The quantitative estimate of drug-likeness (QED) is 0.628. The topological polar surface area (TPSA) is 62.3 Å². The molecule has 27 heavy (non-hydrogen) atoms. The van der Waals surface area contributed by atoms with E-state index in [1.54, 1.807) is 0 Å². The molecule has 1 heterocycles. The van der Waals surface area contributed by atoms with Gasteiger partial charge in [-0.2, -0.15) is 0 Å². The molecule has 6 heteroatoms. The number of hydrogen-bond donors (Lipinski definition) is 2. The number of anilines is 5. The van der Waals surface area contributed by atoms with E-state index in [-0.39, 0.29) is 6.10 Å². The highest BCUT2D eigenvalue weighted by molar-refractivity contribution is 5.67. The lowest BCUT2D eigenvalue weighted by atomic mass is 10.2. The van der Waals surface area contributed by atoms with Gasteiger partial charge in [0.05, 0.1) is 11.8 Å². The molecule has 0 saturated carbocycles. The summed E-state index contributed by atoms with van der Waals surface area (Å²) in [6.45, 7) is 4.01. The average molecular weight is 363 g/mol. The number of rotatable bonds is 7. The molecule has 2 N–H and O–H groups in total. The van der Waals surface area contributed by atoms with Crippen LogP contribution in [0.5, 0.6) is 5.75 Å². The SMILES string of the molecule is CC(C)Oc1ccccc1Nc1cc(Nc2ccc(N(C)C)cc2)ncn1.